The molecule has 0 fully saturated rings. The largest absolute Gasteiger partial charge is 0.265 e. The van der Waals surface area contributed by atoms with Gasteiger partial charge in [0.1, 0.15) is 4.21 Å². The maximum absolute atomic E-state index is 12.0. The van der Waals surface area contributed by atoms with Gasteiger partial charge in [0.15, 0.2) is 0 Å². The Morgan fingerprint density at radius 3 is 2.61 bits per heavy atom. The number of rotatable bonds is 5. The molecule has 2 heterocycles. The smallest absolute Gasteiger partial charge is 0.251 e. The van der Waals surface area contributed by atoms with Crippen molar-refractivity contribution in [2.75, 3.05) is 6.54 Å². The first-order chi connectivity index (χ1) is 8.59. The number of aromatic nitrogens is 1. The summed E-state index contributed by atoms with van der Waals surface area (Å²) < 4.78 is 27.4. The van der Waals surface area contributed by atoms with Crippen LogP contribution in [0.3, 0.4) is 0 Å². The number of thiophene rings is 1. The molecule has 0 unspecified atom stereocenters. The Bertz CT molecular complexity index is 611. The summed E-state index contributed by atoms with van der Waals surface area (Å²) in [5, 5.41) is 1.74. The maximum atomic E-state index is 12.0. The third-order valence-electron chi connectivity index (χ3n) is 2.28. The van der Waals surface area contributed by atoms with Gasteiger partial charge in [-0.05, 0) is 51.5 Å². The van der Waals surface area contributed by atoms with Crippen molar-refractivity contribution in [2.45, 2.75) is 10.6 Å². The predicted octanol–water partition coefficient (Wildman–Crippen LogP) is 2.43. The predicted molar refractivity (Wildman–Crippen MR) is 75.1 cm³/mol. The van der Waals surface area contributed by atoms with Crippen LogP contribution in [0.15, 0.2) is 44.7 Å². The molecule has 2 aromatic rings. The Morgan fingerprint density at radius 1 is 1.28 bits per heavy atom. The number of halogens is 1. The van der Waals surface area contributed by atoms with Crippen molar-refractivity contribution in [3.63, 3.8) is 0 Å². The van der Waals surface area contributed by atoms with E-state index in [1.54, 1.807) is 23.8 Å². The molecule has 4 nitrogen and oxygen atoms in total. The second kappa shape index (κ2) is 5.92. The molecular formula is C11H11BrN2O2S2. The third kappa shape index (κ3) is 3.38. The van der Waals surface area contributed by atoms with Crippen molar-refractivity contribution >= 4 is 37.3 Å². The minimum absolute atomic E-state index is 0.317. The highest BCUT2D eigenvalue weighted by Crippen LogP contribution is 2.27. The second-order valence-electron chi connectivity index (χ2n) is 3.56. The fourth-order valence-electron chi connectivity index (χ4n) is 1.42. The monoisotopic (exact) mass is 346 g/mol. The summed E-state index contributed by atoms with van der Waals surface area (Å²) in [5.41, 5.74) is 1.05. The van der Waals surface area contributed by atoms with Crippen LogP contribution in [0.25, 0.3) is 0 Å². The van der Waals surface area contributed by atoms with Gasteiger partial charge in [-0.1, -0.05) is 0 Å². The highest BCUT2D eigenvalue weighted by atomic mass is 79.9. The number of nitrogens with zero attached hydrogens (tertiary/aromatic N) is 1. The van der Waals surface area contributed by atoms with E-state index in [9.17, 15) is 8.42 Å². The van der Waals surface area contributed by atoms with Crippen LogP contribution in [-0.4, -0.2) is 19.9 Å². The van der Waals surface area contributed by atoms with Crippen molar-refractivity contribution in [1.82, 2.24) is 9.71 Å². The molecule has 0 atom stereocenters. The average molecular weight is 347 g/mol. The van der Waals surface area contributed by atoms with Gasteiger partial charge in [0.2, 0.25) is 0 Å². The van der Waals surface area contributed by atoms with Gasteiger partial charge in [0, 0.05) is 23.4 Å². The summed E-state index contributed by atoms with van der Waals surface area (Å²) >= 11 is 4.42. The molecule has 1 N–H and O–H groups in total. The van der Waals surface area contributed by atoms with Crippen molar-refractivity contribution in [3.05, 3.63) is 46.0 Å². The molecule has 2 rings (SSSR count). The average Bonchev–Trinajstić information content (AvgIpc) is 2.77. The maximum Gasteiger partial charge on any atom is 0.251 e. The highest BCUT2D eigenvalue weighted by molar-refractivity contribution is 9.10. The molecule has 0 aliphatic heterocycles. The van der Waals surface area contributed by atoms with Crippen LogP contribution >= 0.6 is 27.3 Å². The molecule has 0 aliphatic carbocycles. The van der Waals surface area contributed by atoms with Gasteiger partial charge in [0.05, 0.1) is 0 Å². The summed E-state index contributed by atoms with van der Waals surface area (Å²) in [6, 6.07) is 5.47. The fourth-order valence-corrected chi connectivity index (χ4v) is 4.83. The van der Waals surface area contributed by atoms with Gasteiger partial charge < -0.3 is 0 Å². The first-order valence-electron chi connectivity index (χ1n) is 5.21. The summed E-state index contributed by atoms with van der Waals surface area (Å²) in [6.45, 7) is 0.372. The molecule has 0 radical (unpaired) electrons. The molecule has 2 aromatic heterocycles. The van der Waals surface area contributed by atoms with E-state index in [4.69, 9.17) is 0 Å². The van der Waals surface area contributed by atoms with Gasteiger partial charge >= 0.3 is 0 Å². The zero-order chi connectivity index (χ0) is 13.0. The van der Waals surface area contributed by atoms with Crippen molar-refractivity contribution in [3.8, 4) is 0 Å². The zero-order valence-corrected chi connectivity index (χ0v) is 12.6. The Hall–Kier alpha value is -0.760. The molecule has 18 heavy (non-hydrogen) atoms. The SMILES string of the molecule is O=S(=O)(NCCc1ccncc1)c1sccc1Br. The normalized spacial score (nSPS) is 11.6. The minimum atomic E-state index is -3.41. The molecule has 0 aliphatic rings. The summed E-state index contributed by atoms with van der Waals surface area (Å²) in [5.74, 6) is 0. The quantitative estimate of drug-likeness (QED) is 0.904. The Labute approximate surface area is 118 Å². The van der Waals surface area contributed by atoms with E-state index >= 15 is 0 Å². The van der Waals surface area contributed by atoms with Crippen molar-refractivity contribution < 1.29 is 8.42 Å². The summed E-state index contributed by atoms with van der Waals surface area (Å²) in [4.78, 5) is 3.91. The van der Waals surface area contributed by atoms with Crippen LogP contribution in [0.4, 0.5) is 0 Å². The van der Waals surface area contributed by atoms with Crippen LogP contribution < -0.4 is 4.72 Å². The highest BCUT2D eigenvalue weighted by Gasteiger charge is 2.18. The molecular weight excluding hydrogens is 336 g/mol. The van der Waals surface area contributed by atoms with E-state index in [1.807, 2.05) is 12.1 Å². The number of pyridine rings is 1. The Morgan fingerprint density at radius 2 is 2.00 bits per heavy atom. The van der Waals surface area contributed by atoms with Crippen LogP contribution in [-0.2, 0) is 16.4 Å². The van der Waals surface area contributed by atoms with Crippen LogP contribution in [0.2, 0.25) is 0 Å². The minimum Gasteiger partial charge on any atom is -0.265 e. The number of hydrogen-bond acceptors (Lipinski definition) is 4. The molecule has 0 saturated carbocycles. The molecule has 96 valence electrons. The zero-order valence-electron chi connectivity index (χ0n) is 9.34. The third-order valence-corrected chi connectivity index (χ3v) is 6.41. The molecule has 0 amide bonds. The molecule has 0 saturated heterocycles. The Balaban J connectivity index is 1.97. The molecule has 0 bridgehead atoms. The van der Waals surface area contributed by atoms with Gasteiger partial charge in [-0.15, -0.1) is 11.3 Å². The lowest BCUT2D eigenvalue weighted by Crippen LogP contribution is -2.25. The number of nitrogens with one attached hydrogen (secondary N) is 1. The van der Waals surface area contributed by atoms with Crippen LogP contribution in [0.5, 0.6) is 0 Å². The van der Waals surface area contributed by atoms with Crippen molar-refractivity contribution in [1.29, 1.82) is 0 Å². The number of hydrogen-bond donors (Lipinski definition) is 1. The topological polar surface area (TPSA) is 59.1 Å². The Kier molecular flexibility index (Phi) is 4.50. The van der Waals surface area contributed by atoms with E-state index in [2.05, 4.69) is 25.6 Å². The lowest BCUT2D eigenvalue weighted by atomic mass is 10.2. The lowest BCUT2D eigenvalue weighted by Gasteiger charge is -2.05. The molecule has 0 spiro atoms. The van der Waals surface area contributed by atoms with E-state index < -0.39 is 10.0 Å². The molecule has 7 heteroatoms. The summed E-state index contributed by atoms with van der Waals surface area (Å²) in [7, 11) is -3.41. The first-order valence-corrected chi connectivity index (χ1v) is 8.37. The first kappa shape index (κ1) is 13.7. The summed E-state index contributed by atoms with van der Waals surface area (Å²) in [6.07, 6.45) is 4.03. The number of sulfonamides is 1. The van der Waals surface area contributed by atoms with Gasteiger partial charge in [-0.3, -0.25) is 4.98 Å². The molecule has 0 aromatic carbocycles. The van der Waals surface area contributed by atoms with E-state index in [-0.39, 0.29) is 0 Å². The van der Waals surface area contributed by atoms with Crippen LogP contribution in [0, 0.1) is 0 Å². The fraction of sp³-hybridized carbons (Fsp3) is 0.182. The van der Waals surface area contributed by atoms with E-state index in [0.29, 0.717) is 21.6 Å². The van der Waals surface area contributed by atoms with Gasteiger partial charge in [-0.2, -0.15) is 0 Å². The van der Waals surface area contributed by atoms with Gasteiger partial charge in [0.25, 0.3) is 10.0 Å². The van der Waals surface area contributed by atoms with Crippen molar-refractivity contribution in [2.24, 2.45) is 0 Å². The van der Waals surface area contributed by atoms with E-state index in [0.717, 1.165) is 5.56 Å². The van der Waals surface area contributed by atoms with Gasteiger partial charge in [-0.25, -0.2) is 13.1 Å². The standard InChI is InChI=1S/C11H11BrN2O2S2/c12-10-4-8-17-11(10)18(15,16)14-7-3-9-1-5-13-6-2-9/h1-2,4-6,8,14H,3,7H2. The lowest BCUT2D eigenvalue weighted by molar-refractivity contribution is 0.583. The van der Waals surface area contributed by atoms with Crippen LogP contribution in [0.1, 0.15) is 5.56 Å². The second-order valence-corrected chi connectivity index (χ2v) is 7.29. The van der Waals surface area contributed by atoms with E-state index in [1.165, 1.54) is 11.3 Å².